The van der Waals surface area contributed by atoms with E-state index >= 15 is 0 Å². The Morgan fingerprint density at radius 3 is 2.60 bits per heavy atom. The lowest BCUT2D eigenvalue weighted by atomic mass is 10.2. The summed E-state index contributed by atoms with van der Waals surface area (Å²) < 4.78 is 5.22. The fourth-order valence-corrected chi connectivity index (χ4v) is 1.67. The quantitative estimate of drug-likeness (QED) is 0.738. The Bertz CT molecular complexity index is 721. The predicted octanol–water partition coefficient (Wildman–Crippen LogP) is 3.19. The summed E-state index contributed by atoms with van der Waals surface area (Å²) in [6.07, 6.45) is 3.07. The van der Waals surface area contributed by atoms with Gasteiger partial charge in [-0.2, -0.15) is 0 Å². The van der Waals surface area contributed by atoms with E-state index in [1.165, 1.54) is 6.21 Å². The van der Waals surface area contributed by atoms with Crippen molar-refractivity contribution in [2.45, 2.75) is 0 Å². The van der Waals surface area contributed by atoms with Gasteiger partial charge in [0, 0.05) is 11.8 Å². The standard InChI is InChI=1S/C15H11N3O2/c19-15-12(10-17-13-8-4-5-9-16-13)18-14(20-15)11-6-2-1-3-7-11/h1-10,19H. The number of aliphatic imine (C=N–C) groups is 1. The maximum Gasteiger partial charge on any atom is 0.312 e. The molecule has 0 aliphatic carbocycles. The molecule has 1 aromatic carbocycles. The molecule has 0 aliphatic heterocycles. The molecule has 0 amide bonds. The second-order valence-electron chi connectivity index (χ2n) is 4.02. The van der Waals surface area contributed by atoms with Crippen molar-refractivity contribution in [3.8, 4) is 17.4 Å². The van der Waals surface area contributed by atoms with Crippen molar-refractivity contribution in [1.29, 1.82) is 0 Å². The van der Waals surface area contributed by atoms with Crippen LogP contribution in [0.5, 0.6) is 5.95 Å². The SMILES string of the molecule is Oc1oc(-c2ccccc2)nc1C=Nc1ccccn1. The van der Waals surface area contributed by atoms with Crippen LogP contribution in [0.4, 0.5) is 5.82 Å². The maximum absolute atomic E-state index is 9.73. The van der Waals surface area contributed by atoms with Crippen molar-refractivity contribution in [1.82, 2.24) is 9.97 Å². The Balaban J connectivity index is 1.89. The minimum atomic E-state index is -0.261. The molecule has 1 N–H and O–H groups in total. The van der Waals surface area contributed by atoms with Crippen LogP contribution in [0, 0.1) is 0 Å². The second kappa shape index (κ2) is 5.36. The highest BCUT2D eigenvalue weighted by atomic mass is 16.5. The molecule has 0 unspecified atom stereocenters. The number of rotatable bonds is 3. The average Bonchev–Trinajstić information content (AvgIpc) is 2.88. The van der Waals surface area contributed by atoms with Gasteiger partial charge in [-0.05, 0) is 24.3 Å². The van der Waals surface area contributed by atoms with E-state index in [0.29, 0.717) is 11.7 Å². The monoisotopic (exact) mass is 265 g/mol. The highest BCUT2D eigenvalue weighted by molar-refractivity contribution is 5.82. The van der Waals surface area contributed by atoms with Crippen LogP contribution in [0.15, 0.2) is 64.1 Å². The molecule has 0 saturated heterocycles. The summed E-state index contributed by atoms with van der Waals surface area (Å²) in [5, 5.41) is 9.73. The van der Waals surface area contributed by atoms with E-state index in [-0.39, 0.29) is 11.6 Å². The van der Waals surface area contributed by atoms with Crippen molar-refractivity contribution in [2.24, 2.45) is 4.99 Å². The van der Waals surface area contributed by atoms with Crippen LogP contribution < -0.4 is 0 Å². The summed E-state index contributed by atoms with van der Waals surface area (Å²) in [7, 11) is 0. The van der Waals surface area contributed by atoms with E-state index in [2.05, 4.69) is 15.0 Å². The molecule has 0 aliphatic rings. The Labute approximate surface area is 115 Å². The topological polar surface area (TPSA) is 71.5 Å². The average molecular weight is 265 g/mol. The van der Waals surface area contributed by atoms with E-state index in [1.807, 2.05) is 36.4 Å². The molecule has 2 heterocycles. The first-order valence-electron chi connectivity index (χ1n) is 6.03. The van der Waals surface area contributed by atoms with Gasteiger partial charge < -0.3 is 9.52 Å². The van der Waals surface area contributed by atoms with Crippen LogP contribution in [0.25, 0.3) is 11.5 Å². The van der Waals surface area contributed by atoms with Crippen molar-refractivity contribution in [3.05, 3.63) is 60.4 Å². The summed E-state index contributed by atoms with van der Waals surface area (Å²) in [5.41, 5.74) is 1.06. The molecule has 5 heteroatoms. The van der Waals surface area contributed by atoms with Crippen LogP contribution >= 0.6 is 0 Å². The second-order valence-corrected chi connectivity index (χ2v) is 4.02. The lowest BCUT2D eigenvalue weighted by molar-refractivity contribution is 0.337. The summed E-state index contributed by atoms with van der Waals surface area (Å²) in [6.45, 7) is 0. The number of pyridine rings is 1. The largest absolute Gasteiger partial charge is 0.479 e. The Kier molecular flexibility index (Phi) is 3.24. The first kappa shape index (κ1) is 12.1. The number of aromatic hydroxyl groups is 1. The Hall–Kier alpha value is -2.95. The molecule has 0 radical (unpaired) electrons. The van der Waals surface area contributed by atoms with E-state index in [9.17, 15) is 5.11 Å². The van der Waals surface area contributed by atoms with Crippen molar-refractivity contribution >= 4 is 12.0 Å². The van der Waals surface area contributed by atoms with Gasteiger partial charge in [0.2, 0.25) is 5.89 Å². The van der Waals surface area contributed by atoms with Crippen molar-refractivity contribution < 1.29 is 9.52 Å². The zero-order valence-electron chi connectivity index (χ0n) is 10.5. The Morgan fingerprint density at radius 2 is 1.85 bits per heavy atom. The molecule has 0 fully saturated rings. The number of nitrogens with zero attached hydrogens (tertiary/aromatic N) is 3. The number of aromatic nitrogens is 2. The fourth-order valence-electron chi connectivity index (χ4n) is 1.67. The van der Waals surface area contributed by atoms with Crippen LogP contribution in [-0.2, 0) is 0 Å². The van der Waals surface area contributed by atoms with Crippen LogP contribution in [0.3, 0.4) is 0 Å². The fraction of sp³-hybridized carbons (Fsp3) is 0. The van der Waals surface area contributed by atoms with Gasteiger partial charge in [0.25, 0.3) is 0 Å². The molecule has 20 heavy (non-hydrogen) atoms. The maximum atomic E-state index is 9.73. The Morgan fingerprint density at radius 1 is 1.05 bits per heavy atom. The lowest BCUT2D eigenvalue weighted by Gasteiger charge is -1.91. The molecule has 0 saturated carbocycles. The van der Waals surface area contributed by atoms with E-state index in [4.69, 9.17) is 4.42 Å². The van der Waals surface area contributed by atoms with Crippen LogP contribution in [0.1, 0.15) is 5.69 Å². The van der Waals surface area contributed by atoms with Gasteiger partial charge in [0.05, 0.1) is 6.21 Å². The van der Waals surface area contributed by atoms with Gasteiger partial charge in [0.15, 0.2) is 11.5 Å². The minimum absolute atomic E-state index is 0.261. The van der Waals surface area contributed by atoms with Gasteiger partial charge in [0.1, 0.15) is 0 Å². The molecular weight excluding hydrogens is 254 g/mol. The van der Waals surface area contributed by atoms with Crippen molar-refractivity contribution in [3.63, 3.8) is 0 Å². The molecule has 5 nitrogen and oxygen atoms in total. The first-order chi connectivity index (χ1) is 9.83. The molecule has 0 atom stereocenters. The predicted molar refractivity (Wildman–Crippen MR) is 75.1 cm³/mol. The van der Waals surface area contributed by atoms with Gasteiger partial charge in [-0.15, -0.1) is 0 Å². The molecule has 0 bridgehead atoms. The molecule has 2 aromatic heterocycles. The van der Waals surface area contributed by atoms with E-state index in [1.54, 1.807) is 18.3 Å². The lowest BCUT2D eigenvalue weighted by Crippen LogP contribution is -1.83. The highest BCUT2D eigenvalue weighted by Gasteiger charge is 2.11. The molecule has 0 spiro atoms. The molecule has 3 rings (SSSR count). The number of hydrogen-bond acceptors (Lipinski definition) is 5. The highest BCUT2D eigenvalue weighted by Crippen LogP contribution is 2.25. The van der Waals surface area contributed by atoms with Crippen molar-refractivity contribution in [2.75, 3.05) is 0 Å². The summed E-state index contributed by atoms with van der Waals surface area (Å²) in [5.74, 6) is 0.630. The van der Waals surface area contributed by atoms with Gasteiger partial charge in [-0.3, -0.25) is 0 Å². The van der Waals surface area contributed by atoms with Gasteiger partial charge in [-0.25, -0.2) is 15.0 Å². The zero-order valence-corrected chi connectivity index (χ0v) is 10.5. The number of oxazole rings is 1. The van der Waals surface area contributed by atoms with Crippen LogP contribution in [-0.4, -0.2) is 21.3 Å². The smallest absolute Gasteiger partial charge is 0.312 e. The first-order valence-corrected chi connectivity index (χ1v) is 6.03. The van der Waals surface area contributed by atoms with Gasteiger partial charge >= 0.3 is 5.95 Å². The minimum Gasteiger partial charge on any atom is -0.479 e. The summed E-state index contributed by atoms with van der Waals surface area (Å²) in [4.78, 5) is 12.4. The van der Waals surface area contributed by atoms with E-state index < -0.39 is 0 Å². The van der Waals surface area contributed by atoms with Gasteiger partial charge in [-0.1, -0.05) is 24.3 Å². The third kappa shape index (κ3) is 2.56. The molecular formula is C15H11N3O2. The normalized spacial score (nSPS) is 11.0. The number of hydrogen-bond donors (Lipinski definition) is 1. The third-order valence-electron chi connectivity index (χ3n) is 2.62. The summed E-state index contributed by atoms with van der Waals surface area (Å²) >= 11 is 0. The van der Waals surface area contributed by atoms with E-state index in [0.717, 1.165) is 5.56 Å². The summed E-state index contributed by atoms with van der Waals surface area (Å²) in [6, 6.07) is 14.7. The molecule has 3 aromatic rings. The molecule has 98 valence electrons. The van der Waals surface area contributed by atoms with Crippen LogP contribution in [0.2, 0.25) is 0 Å². The zero-order chi connectivity index (χ0) is 13.8. The third-order valence-corrected chi connectivity index (χ3v) is 2.62. The number of benzene rings is 1.